The second-order valence-corrected chi connectivity index (χ2v) is 8.64. The molecule has 0 saturated heterocycles. The Morgan fingerprint density at radius 2 is 1.88 bits per heavy atom. The number of carbonyl (C=O) groups excluding carboxylic acids is 2. The first-order valence-electron chi connectivity index (χ1n) is 9.60. The Morgan fingerprint density at radius 3 is 2.50 bits per heavy atom. The third-order valence-corrected chi connectivity index (χ3v) is 5.60. The van der Waals surface area contributed by atoms with E-state index in [4.69, 9.17) is 14.7 Å². The minimum absolute atomic E-state index is 0.0846. The van der Waals surface area contributed by atoms with Gasteiger partial charge in [-0.3, -0.25) is 15.3 Å². The van der Waals surface area contributed by atoms with E-state index >= 15 is 0 Å². The van der Waals surface area contributed by atoms with Crippen molar-refractivity contribution in [1.29, 1.82) is 0 Å². The van der Waals surface area contributed by atoms with Crippen LogP contribution in [0.2, 0.25) is 0 Å². The maximum atomic E-state index is 12.7. The first kappa shape index (κ1) is 25.9. The summed E-state index contributed by atoms with van der Waals surface area (Å²) in [6.45, 7) is 1.94. The lowest BCUT2D eigenvalue weighted by Gasteiger charge is -2.27. The summed E-state index contributed by atoms with van der Waals surface area (Å²) in [5.74, 6) is -0.739. The van der Waals surface area contributed by atoms with Gasteiger partial charge in [0, 0.05) is 28.9 Å². The van der Waals surface area contributed by atoms with Crippen LogP contribution in [0.25, 0.3) is 0 Å². The normalized spacial score (nSPS) is 12.9. The van der Waals surface area contributed by atoms with Gasteiger partial charge in [-0.1, -0.05) is 39.7 Å². The maximum absolute atomic E-state index is 12.7. The lowest BCUT2D eigenvalue weighted by molar-refractivity contribution is -0.124. The molecule has 0 saturated carbocycles. The highest BCUT2D eigenvalue weighted by Gasteiger charge is 2.30. The Balaban J connectivity index is 2.27. The number of methoxy groups -OCH3 is 1. The standard InChI is InChI=1S/C22H24Br2N2O6/c1-13-7-9-15(10-8-13)25-22(29)32-21(16-11-14(23)12-17(24)20(16)28)18(31-2)5-3-4-6-19(27)26-30/h4,6-12,18,21,28,30H,3,5H2,1-2H3,(H,25,29)(H,26,27)/b6-4+/t18-,21-/m0/s1. The first-order chi connectivity index (χ1) is 15.2. The molecule has 172 valence electrons. The number of allylic oxidation sites excluding steroid dienone is 1. The summed E-state index contributed by atoms with van der Waals surface area (Å²) in [5, 5.41) is 21.9. The molecule has 0 unspecified atom stereocenters. The van der Waals surface area contributed by atoms with E-state index in [0.717, 1.165) is 5.56 Å². The number of anilines is 1. The molecule has 2 rings (SSSR count). The first-order valence-corrected chi connectivity index (χ1v) is 11.2. The SMILES string of the molecule is CO[C@@H](CC/C=C/C(=O)NO)[C@@H](OC(=O)Nc1ccc(C)cc1)c1cc(Br)cc(Br)c1O. The van der Waals surface area contributed by atoms with Gasteiger partial charge in [-0.05, 0) is 60.0 Å². The molecule has 2 aromatic rings. The zero-order chi connectivity index (χ0) is 23.7. The minimum atomic E-state index is -0.959. The number of hydroxylamine groups is 1. The van der Waals surface area contributed by atoms with Crippen LogP contribution in [-0.2, 0) is 14.3 Å². The highest BCUT2D eigenvalue weighted by molar-refractivity contribution is 9.11. The van der Waals surface area contributed by atoms with Gasteiger partial charge >= 0.3 is 6.09 Å². The van der Waals surface area contributed by atoms with Crippen molar-refractivity contribution >= 4 is 49.5 Å². The molecule has 0 heterocycles. The van der Waals surface area contributed by atoms with Crippen LogP contribution in [-0.4, -0.2) is 35.5 Å². The molecule has 0 radical (unpaired) electrons. The molecule has 0 fully saturated rings. The number of rotatable bonds is 9. The van der Waals surface area contributed by atoms with Crippen molar-refractivity contribution in [2.45, 2.75) is 32.0 Å². The predicted octanol–water partition coefficient (Wildman–Crippen LogP) is 5.37. The molecule has 2 atom stereocenters. The van der Waals surface area contributed by atoms with Crippen molar-refractivity contribution in [3.63, 3.8) is 0 Å². The predicted molar refractivity (Wildman–Crippen MR) is 127 cm³/mol. The Kier molecular flexibility index (Phi) is 10.2. The van der Waals surface area contributed by atoms with E-state index in [1.165, 1.54) is 18.7 Å². The summed E-state index contributed by atoms with van der Waals surface area (Å²) >= 11 is 6.68. The smallest absolute Gasteiger partial charge is 0.412 e. The average Bonchev–Trinajstić information content (AvgIpc) is 2.76. The van der Waals surface area contributed by atoms with Crippen molar-refractivity contribution in [2.75, 3.05) is 12.4 Å². The molecule has 0 aromatic heterocycles. The molecule has 0 spiro atoms. The van der Waals surface area contributed by atoms with Crippen LogP contribution in [0, 0.1) is 6.92 Å². The van der Waals surface area contributed by atoms with Crippen LogP contribution in [0.5, 0.6) is 5.75 Å². The number of ether oxygens (including phenoxy) is 2. The van der Waals surface area contributed by atoms with Gasteiger partial charge in [0.25, 0.3) is 5.91 Å². The van der Waals surface area contributed by atoms with Crippen LogP contribution >= 0.6 is 31.9 Å². The quantitative estimate of drug-likeness (QED) is 0.182. The topological polar surface area (TPSA) is 117 Å². The molecular weight excluding hydrogens is 548 g/mol. The molecule has 8 nitrogen and oxygen atoms in total. The van der Waals surface area contributed by atoms with Crippen molar-refractivity contribution in [1.82, 2.24) is 5.48 Å². The summed E-state index contributed by atoms with van der Waals surface area (Å²) in [5.41, 5.74) is 3.46. The van der Waals surface area contributed by atoms with E-state index in [9.17, 15) is 14.7 Å². The fourth-order valence-electron chi connectivity index (χ4n) is 2.92. The molecular formula is C22H24Br2N2O6. The number of halogens is 2. The summed E-state index contributed by atoms with van der Waals surface area (Å²) in [4.78, 5) is 23.8. The van der Waals surface area contributed by atoms with Crippen LogP contribution in [0.4, 0.5) is 10.5 Å². The Morgan fingerprint density at radius 1 is 1.19 bits per heavy atom. The van der Waals surface area contributed by atoms with E-state index < -0.39 is 24.2 Å². The number of hydrogen-bond donors (Lipinski definition) is 4. The third kappa shape index (κ3) is 7.63. The third-order valence-electron chi connectivity index (χ3n) is 4.53. The minimum Gasteiger partial charge on any atom is -0.506 e. The van der Waals surface area contributed by atoms with Crippen molar-refractivity contribution in [2.24, 2.45) is 0 Å². The van der Waals surface area contributed by atoms with E-state index in [-0.39, 0.29) is 5.75 Å². The highest BCUT2D eigenvalue weighted by atomic mass is 79.9. The average molecular weight is 572 g/mol. The molecule has 0 bridgehead atoms. The number of amides is 2. The molecule has 10 heteroatoms. The van der Waals surface area contributed by atoms with Crippen LogP contribution in [0.3, 0.4) is 0 Å². The van der Waals surface area contributed by atoms with Crippen molar-refractivity contribution in [3.05, 3.63) is 68.6 Å². The lowest BCUT2D eigenvalue weighted by Crippen LogP contribution is -2.28. The van der Waals surface area contributed by atoms with Crippen LogP contribution in [0.15, 0.2) is 57.5 Å². The summed E-state index contributed by atoms with van der Waals surface area (Å²) in [6.07, 6.45) is 1.16. The fourth-order valence-corrected chi connectivity index (χ4v) is 4.18. The molecule has 0 aliphatic carbocycles. The van der Waals surface area contributed by atoms with Gasteiger partial charge in [-0.2, -0.15) is 0 Å². The lowest BCUT2D eigenvalue weighted by atomic mass is 9.99. The zero-order valence-corrected chi connectivity index (χ0v) is 20.6. The van der Waals surface area contributed by atoms with Gasteiger partial charge in [0.1, 0.15) is 5.75 Å². The van der Waals surface area contributed by atoms with Crippen LogP contribution < -0.4 is 10.8 Å². The summed E-state index contributed by atoms with van der Waals surface area (Å²) in [6, 6.07) is 10.5. The number of aromatic hydroxyl groups is 1. The van der Waals surface area contributed by atoms with E-state index in [2.05, 4.69) is 37.2 Å². The number of aryl methyl sites for hydroxylation is 1. The summed E-state index contributed by atoms with van der Waals surface area (Å²) < 4.78 is 12.4. The Labute approximate surface area is 202 Å². The Hall–Kier alpha value is -2.40. The van der Waals surface area contributed by atoms with Gasteiger partial charge in [0.15, 0.2) is 6.10 Å². The largest absolute Gasteiger partial charge is 0.506 e. The maximum Gasteiger partial charge on any atom is 0.412 e. The fraction of sp³-hybridized carbons (Fsp3) is 0.273. The molecule has 2 aromatic carbocycles. The second-order valence-electron chi connectivity index (χ2n) is 6.87. The Bertz CT molecular complexity index is 966. The number of nitrogens with one attached hydrogen (secondary N) is 2. The van der Waals surface area contributed by atoms with E-state index in [1.54, 1.807) is 30.3 Å². The zero-order valence-electron chi connectivity index (χ0n) is 17.5. The van der Waals surface area contributed by atoms with Gasteiger partial charge in [0.05, 0.1) is 10.6 Å². The number of phenols is 1. The highest BCUT2D eigenvalue weighted by Crippen LogP contribution is 2.39. The van der Waals surface area contributed by atoms with Gasteiger partial charge in [-0.15, -0.1) is 0 Å². The van der Waals surface area contributed by atoms with Gasteiger partial charge in [-0.25, -0.2) is 10.3 Å². The van der Waals surface area contributed by atoms with Crippen molar-refractivity contribution < 1.29 is 29.4 Å². The van der Waals surface area contributed by atoms with Crippen molar-refractivity contribution in [3.8, 4) is 5.75 Å². The van der Waals surface area contributed by atoms with E-state index in [1.807, 2.05) is 19.1 Å². The molecule has 0 aliphatic heterocycles. The molecule has 2 amide bonds. The second kappa shape index (κ2) is 12.6. The molecule has 0 aliphatic rings. The number of benzene rings is 2. The molecule has 4 N–H and O–H groups in total. The number of hydrogen-bond acceptors (Lipinski definition) is 6. The monoisotopic (exact) mass is 570 g/mol. The summed E-state index contributed by atoms with van der Waals surface area (Å²) in [7, 11) is 1.47. The molecule has 32 heavy (non-hydrogen) atoms. The van der Waals surface area contributed by atoms with Gasteiger partial charge in [0.2, 0.25) is 0 Å². The number of phenolic OH excluding ortho intramolecular Hbond substituents is 1. The number of carbonyl (C=O) groups is 2. The van der Waals surface area contributed by atoms with Crippen LogP contribution in [0.1, 0.15) is 30.1 Å². The van der Waals surface area contributed by atoms with Gasteiger partial charge < -0.3 is 14.6 Å². The van der Waals surface area contributed by atoms with E-state index in [0.29, 0.717) is 33.0 Å².